The predicted molar refractivity (Wildman–Crippen MR) is 88.1 cm³/mol. The lowest BCUT2D eigenvalue weighted by Crippen LogP contribution is -2.45. The van der Waals surface area contributed by atoms with Gasteiger partial charge in [0.05, 0.1) is 12.5 Å². The average Bonchev–Trinajstić information content (AvgIpc) is 3.26. The quantitative estimate of drug-likeness (QED) is 0.784. The zero-order valence-electron chi connectivity index (χ0n) is 13.1. The van der Waals surface area contributed by atoms with Crippen LogP contribution in [0.15, 0.2) is 60.0 Å². The van der Waals surface area contributed by atoms with Crippen LogP contribution in [0.3, 0.4) is 0 Å². The summed E-state index contributed by atoms with van der Waals surface area (Å²) >= 11 is 0. The van der Waals surface area contributed by atoms with Gasteiger partial charge in [0.15, 0.2) is 12.2 Å². The molecule has 2 heterocycles. The fraction of sp³-hybridized carbons (Fsp3) is 0.278. The first kappa shape index (κ1) is 14.7. The highest BCUT2D eigenvalue weighted by atomic mass is 16.3. The van der Waals surface area contributed by atoms with E-state index in [2.05, 4.69) is 19.9 Å². The number of rotatable bonds is 5. The summed E-state index contributed by atoms with van der Waals surface area (Å²) in [4.78, 5) is 20.4. The van der Waals surface area contributed by atoms with Gasteiger partial charge in [-0.3, -0.25) is 4.79 Å². The number of carbonyl (C=O) groups excluding carboxylic acids is 1. The van der Waals surface area contributed by atoms with Gasteiger partial charge in [0.2, 0.25) is 0 Å². The molecule has 4 rings (SSSR count). The number of carbonyl (C=O) groups is 1. The first-order valence-corrected chi connectivity index (χ1v) is 8.03. The van der Waals surface area contributed by atoms with E-state index in [1.54, 1.807) is 12.4 Å². The summed E-state index contributed by atoms with van der Waals surface area (Å²) in [6.45, 7) is 0.966. The Morgan fingerprint density at radius 2 is 2.25 bits per heavy atom. The van der Waals surface area contributed by atoms with Crippen molar-refractivity contribution in [3.63, 3.8) is 0 Å². The van der Waals surface area contributed by atoms with Crippen LogP contribution >= 0.6 is 0 Å². The lowest BCUT2D eigenvalue weighted by Gasteiger charge is -2.36. The summed E-state index contributed by atoms with van der Waals surface area (Å²) in [5.41, 5.74) is 1.49. The molecule has 0 radical (unpaired) electrons. The van der Waals surface area contributed by atoms with Crippen molar-refractivity contribution < 1.29 is 9.21 Å². The Bertz CT molecular complexity index is 805. The largest absolute Gasteiger partial charge is 0.444 e. The molecule has 1 N–H and O–H groups in total. The maximum Gasteiger partial charge on any atom is 0.251 e. The van der Waals surface area contributed by atoms with Crippen LogP contribution in [0.2, 0.25) is 0 Å². The van der Waals surface area contributed by atoms with E-state index in [4.69, 9.17) is 4.42 Å². The number of nitrogens with zero attached hydrogens (tertiary/aromatic N) is 3. The second-order valence-electron chi connectivity index (χ2n) is 6.21. The molecule has 0 saturated heterocycles. The molecule has 1 amide bonds. The van der Waals surface area contributed by atoms with Crippen molar-refractivity contribution in [3.05, 3.63) is 61.1 Å². The Morgan fingerprint density at radius 3 is 3.00 bits per heavy atom. The summed E-state index contributed by atoms with van der Waals surface area (Å²) in [7, 11) is 0. The van der Waals surface area contributed by atoms with Crippen molar-refractivity contribution in [3.8, 4) is 11.3 Å². The number of amides is 1. The number of nitrogens with one attached hydrogen (secondary N) is 1. The number of benzene rings is 1. The van der Waals surface area contributed by atoms with Gasteiger partial charge in [0.25, 0.3) is 5.91 Å². The SMILES string of the molecule is O=C(NC1CC(Cn2ccnc2)C1)c1cccc(-c2cnco2)c1. The molecule has 122 valence electrons. The highest BCUT2D eigenvalue weighted by Gasteiger charge is 2.30. The van der Waals surface area contributed by atoms with Crippen LogP contribution in [-0.4, -0.2) is 26.5 Å². The molecule has 2 aromatic heterocycles. The second-order valence-corrected chi connectivity index (χ2v) is 6.21. The van der Waals surface area contributed by atoms with Crippen LogP contribution in [0.25, 0.3) is 11.3 Å². The molecular formula is C18H18N4O2. The molecule has 1 aliphatic rings. The smallest absolute Gasteiger partial charge is 0.251 e. The van der Waals surface area contributed by atoms with Gasteiger partial charge < -0.3 is 14.3 Å². The van der Waals surface area contributed by atoms with Crippen molar-refractivity contribution in [1.29, 1.82) is 0 Å². The first-order valence-electron chi connectivity index (χ1n) is 8.03. The van der Waals surface area contributed by atoms with Gasteiger partial charge in [0, 0.05) is 36.1 Å². The van der Waals surface area contributed by atoms with E-state index in [0.717, 1.165) is 24.9 Å². The highest BCUT2D eigenvalue weighted by Crippen LogP contribution is 2.29. The fourth-order valence-electron chi connectivity index (χ4n) is 3.14. The molecule has 1 fully saturated rings. The molecule has 0 aliphatic heterocycles. The molecule has 0 atom stereocenters. The summed E-state index contributed by atoms with van der Waals surface area (Å²) in [6.07, 6.45) is 10.6. The lowest BCUT2D eigenvalue weighted by molar-refractivity contribution is 0.0881. The molecule has 1 aliphatic carbocycles. The number of hydrogen-bond donors (Lipinski definition) is 1. The Morgan fingerprint density at radius 1 is 1.33 bits per heavy atom. The standard InChI is InChI=1S/C18H18N4O2/c23-18(15-3-1-2-14(8-15)17-9-20-12-24-17)21-16-6-13(7-16)10-22-5-4-19-11-22/h1-5,8-9,11-13,16H,6-7,10H2,(H,21,23). The maximum absolute atomic E-state index is 12.4. The van der Waals surface area contributed by atoms with Gasteiger partial charge in [-0.05, 0) is 30.9 Å². The van der Waals surface area contributed by atoms with Crippen molar-refractivity contribution in [1.82, 2.24) is 19.9 Å². The Hall–Kier alpha value is -2.89. The molecule has 3 aromatic rings. The van der Waals surface area contributed by atoms with Gasteiger partial charge in [-0.25, -0.2) is 9.97 Å². The minimum Gasteiger partial charge on any atom is -0.444 e. The maximum atomic E-state index is 12.4. The molecule has 1 aromatic carbocycles. The zero-order valence-corrected chi connectivity index (χ0v) is 13.1. The Balaban J connectivity index is 1.33. The summed E-state index contributed by atoms with van der Waals surface area (Å²) in [5.74, 6) is 1.22. The van der Waals surface area contributed by atoms with E-state index in [0.29, 0.717) is 17.2 Å². The average molecular weight is 322 g/mol. The fourth-order valence-corrected chi connectivity index (χ4v) is 3.14. The van der Waals surface area contributed by atoms with E-state index in [1.165, 1.54) is 6.39 Å². The van der Waals surface area contributed by atoms with Gasteiger partial charge in [-0.15, -0.1) is 0 Å². The number of hydrogen-bond acceptors (Lipinski definition) is 4. The van der Waals surface area contributed by atoms with Crippen LogP contribution in [0.1, 0.15) is 23.2 Å². The summed E-state index contributed by atoms with van der Waals surface area (Å²) < 4.78 is 7.37. The van der Waals surface area contributed by atoms with Crippen LogP contribution in [0.5, 0.6) is 0 Å². The van der Waals surface area contributed by atoms with E-state index in [1.807, 2.05) is 36.8 Å². The Labute approximate surface area is 139 Å². The normalized spacial score (nSPS) is 19.7. The zero-order chi connectivity index (χ0) is 16.4. The van der Waals surface area contributed by atoms with Crippen molar-refractivity contribution in [2.45, 2.75) is 25.4 Å². The van der Waals surface area contributed by atoms with Gasteiger partial charge >= 0.3 is 0 Å². The van der Waals surface area contributed by atoms with Gasteiger partial charge in [0.1, 0.15) is 0 Å². The molecule has 1 saturated carbocycles. The van der Waals surface area contributed by atoms with E-state index in [9.17, 15) is 4.79 Å². The lowest BCUT2D eigenvalue weighted by atomic mass is 9.80. The van der Waals surface area contributed by atoms with E-state index >= 15 is 0 Å². The minimum absolute atomic E-state index is 0.0394. The first-order chi connectivity index (χ1) is 11.8. The third kappa shape index (κ3) is 3.08. The molecule has 6 nitrogen and oxygen atoms in total. The summed E-state index contributed by atoms with van der Waals surface area (Å²) in [5, 5.41) is 3.10. The van der Waals surface area contributed by atoms with Crippen molar-refractivity contribution in [2.75, 3.05) is 0 Å². The molecule has 0 bridgehead atoms. The number of oxazole rings is 1. The second kappa shape index (κ2) is 6.31. The van der Waals surface area contributed by atoms with Gasteiger partial charge in [-0.2, -0.15) is 0 Å². The van der Waals surface area contributed by atoms with E-state index < -0.39 is 0 Å². The van der Waals surface area contributed by atoms with Crippen LogP contribution < -0.4 is 5.32 Å². The molecule has 0 spiro atoms. The monoisotopic (exact) mass is 322 g/mol. The van der Waals surface area contributed by atoms with Crippen molar-refractivity contribution in [2.24, 2.45) is 5.92 Å². The van der Waals surface area contributed by atoms with Gasteiger partial charge in [-0.1, -0.05) is 12.1 Å². The molecule has 6 heteroatoms. The Kier molecular flexibility index (Phi) is 3.86. The molecule has 24 heavy (non-hydrogen) atoms. The van der Waals surface area contributed by atoms with Crippen LogP contribution in [-0.2, 0) is 6.54 Å². The molecular weight excluding hydrogens is 304 g/mol. The summed E-state index contributed by atoms with van der Waals surface area (Å²) in [6, 6.07) is 7.66. The third-order valence-electron chi connectivity index (χ3n) is 4.44. The number of imidazole rings is 1. The molecule has 0 unspecified atom stereocenters. The third-order valence-corrected chi connectivity index (χ3v) is 4.44. The van der Waals surface area contributed by atoms with Crippen molar-refractivity contribution >= 4 is 5.91 Å². The van der Waals surface area contributed by atoms with E-state index in [-0.39, 0.29) is 11.9 Å². The van der Waals surface area contributed by atoms with Crippen LogP contribution in [0, 0.1) is 5.92 Å². The topological polar surface area (TPSA) is 73.0 Å². The number of aromatic nitrogens is 3. The van der Waals surface area contributed by atoms with Crippen LogP contribution in [0.4, 0.5) is 0 Å². The highest BCUT2D eigenvalue weighted by molar-refractivity contribution is 5.95. The minimum atomic E-state index is -0.0394. The predicted octanol–water partition coefficient (Wildman–Crippen LogP) is 2.75.